The Labute approximate surface area is 151 Å². The fraction of sp³-hybridized carbons (Fsp3) is 0.471. The van der Waals surface area contributed by atoms with Crippen molar-refractivity contribution in [1.82, 2.24) is 19.6 Å². The van der Waals surface area contributed by atoms with Crippen LogP contribution >= 0.6 is 11.5 Å². The third-order valence-electron chi connectivity index (χ3n) is 4.17. The van der Waals surface area contributed by atoms with Crippen molar-refractivity contribution in [3.8, 4) is 0 Å². The molecule has 8 heteroatoms. The van der Waals surface area contributed by atoms with Gasteiger partial charge in [-0.25, -0.2) is 9.37 Å². The number of aryl methyl sites for hydroxylation is 1. The fourth-order valence-electron chi connectivity index (χ4n) is 2.79. The van der Waals surface area contributed by atoms with Crippen LogP contribution in [0, 0.1) is 5.82 Å². The summed E-state index contributed by atoms with van der Waals surface area (Å²) in [6.45, 7) is 6.13. The number of halogens is 1. The lowest BCUT2D eigenvalue weighted by Gasteiger charge is -2.36. The summed E-state index contributed by atoms with van der Waals surface area (Å²) in [4.78, 5) is 13.4. The minimum atomic E-state index is -0.216. The molecule has 2 heterocycles. The van der Waals surface area contributed by atoms with Gasteiger partial charge in [0.15, 0.2) is 5.96 Å². The summed E-state index contributed by atoms with van der Waals surface area (Å²) < 4.78 is 17.6. The van der Waals surface area contributed by atoms with Gasteiger partial charge in [-0.2, -0.15) is 4.37 Å². The van der Waals surface area contributed by atoms with E-state index in [4.69, 9.17) is 0 Å². The lowest BCUT2D eigenvalue weighted by Crippen LogP contribution is -2.52. The molecule has 3 rings (SSSR count). The molecule has 134 valence electrons. The van der Waals surface area contributed by atoms with E-state index in [1.54, 1.807) is 19.2 Å². The average molecular weight is 362 g/mol. The maximum Gasteiger partial charge on any atom is 0.205 e. The van der Waals surface area contributed by atoms with Gasteiger partial charge in [-0.3, -0.25) is 4.99 Å². The van der Waals surface area contributed by atoms with Crippen LogP contribution in [0.2, 0.25) is 0 Å². The predicted octanol–water partition coefficient (Wildman–Crippen LogP) is 2.14. The van der Waals surface area contributed by atoms with Crippen molar-refractivity contribution in [2.45, 2.75) is 19.9 Å². The Morgan fingerprint density at radius 3 is 2.76 bits per heavy atom. The molecule has 1 aromatic carbocycles. The SMILES string of the molecule is CCc1nsc(N2CCN(C(=NC)NCc3cccc(F)c3)CC2)n1. The Morgan fingerprint density at radius 2 is 2.12 bits per heavy atom. The van der Waals surface area contributed by atoms with Gasteiger partial charge in [0.2, 0.25) is 5.13 Å². The largest absolute Gasteiger partial charge is 0.352 e. The summed E-state index contributed by atoms with van der Waals surface area (Å²) >= 11 is 1.47. The highest BCUT2D eigenvalue weighted by Gasteiger charge is 2.21. The predicted molar refractivity (Wildman–Crippen MR) is 99.7 cm³/mol. The smallest absolute Gasteiger partial charge is 0.205 e. The van der Waals surface area contributed by atoms with Crippen molar-refractivity contribution in [2.24, 2.45) is 4.99 Å². The summed E-state index contributed by atoms with van der Waals surface area (Å²) in [6, 6.07) is 6.62. The molecular formula is C17H23FN6S. The van der Waals surface area contributed by atoms with Crippen LogP contribution in [0.5, 0.6) is 0 Å². The zero-order chi connectivity index (χ0) is 17.6. The van der Waals surface area contributed by atoms with Crippen LogP contribution < -0.4 is 10.2 Å². The van der Waals surface area contributed by atoms with E-state index in [-0.39, 0.29) is 5.82 Å². The minimum absolute atomic E-state index is 0.216. The summed E-state index contributed by atoms with van der Waals surface area (Å²) in [5, 5.41) is 4.32. The van der Waals surface area contributed by atoms with E-state index in [1.807, 2.05) is 6.07 Å². The summed E-state index contributed by atoms with van der Waals surface area (Å²) in [7, 11) is 1.78. The van der Waals surface area contributed by atoms with Crippen LogP contribution in [0.15, 0.2) is 29.3 Å². The van der Waals surface area contributed by atoms with Crippen molar-refractivity contribution in [3.63, 3.8) is 0 Å². The number of hydrogen-bond donors (Lipinski definition) is 1. The molecule has 0 saturated carbocycles. The van der Waals surface area contributed by atoms with Crippen molar-refractivity contribution in [1.29, 1.82) is 0 Å². The van der Waals surface area contributed by atoms with Crippen LogP contribution in [0.25, 0.3) is 0 Å². The summed E-state index contributed by atoms with van der Waals surface area (Å²) in [5.74, 6) is 1.54. The van der Waals surface area contributed by atoms with Gasteiger partial charge < -0.3 is 15.1 Å². The Kier molecular flexibility index (Phi) is 5.80. The monoisotopic (exact) mass is 362 g/mol. The van der Waals surface area contributed by atoms with Crippen LogP contribution in [-0.2, 0) is 13.0 Å². The minimum Gasteiger partial charge on any atom is -0.352 e. The molecule has 0 amide bonds. The molecule has 1 fully saturated rings. The van der Waals surface area contributed by atoms with Crippen molar-refractivity contribution < 1.29 is 4.39 Å². The number of piperazine rings is 1. The third kappa shape index (κ3) is 4.45. The molecule has 0 atom stereocenters. The Hall–Kier alpha value is -2.22. The number of rotatable bonds is 4. The molecule has 0 radical (unpaired) electrons. The molecule has 6 nitrogen and oxygen atoms in total. The van der Waals surface area contributed by atoms with Crippen molar-refractivity contribution in [3.05, 3.63) is 41.5 Å². The van der Waals surface area contributed by atoms with E-state index in [2.05, 4.69) is 36.4 Å². The molecule has 1 aliphatic rings. The molecule has 1 aliphatic heterocycles. The van der Waals surface area contributed by atoms with Gasteiger partial charge in [0, 0.05) is 57.7 Å². The molecule has 1 N–H and O–H groups in total. The maximum atomic E-state index is 13.3. The lowest BCUT2D eigenvalue weighted by atomic mass is 10.2. The zero-order valence-corrected chi connectivity index (χ0v) is 15.4. The fourth-order valence-corrected chi connectivity index (χ4v) is 3.59. The second kappa shape index (κ2) is 8.24. The Morgan fingerprint density at radius 1 is 1.32 bits per heavy atom. The topological polar surface area (TPSA) is 56.7 Å². The maximum absolute atomic E-state index is 13.3. The average Bonchev–Trinajstić information content (AvgIpc) is 3.12. The molecule has 0 unspecified atom stereocenters. The van der Waals surface area contributed by atoms with Gasteiger partial charge in [0.05, 0.1) is 0 Å². The van der Waals surface area contributed by atoms with Crippen LogP contribution in [-0.4, -0.2) is 53.4 Å². The Bertz CT molecular complexity index is 723. The molecule has 1 saturated heterocycles. The second-order valence-electron chi connectivity index (χ2n) is 5.85. The highest BCUT2D eigenvalue weighted by molar-refractivity contribution is 7.09. The van der Waals surface area contributed by atoms with Gasteiger partial charge >= 0.3 is 0 Å². The van der Waals surface area contributed by atoms with Gasteiger partial charge in [-0.05, 0) is 17.7 Å². The third-order valence-corrected chi connectivity index (χ3v) is 4.99. The molecule has 0 spiro atoms. The molecular weight excluding hydrogens is 339 g/mol. The van der Waals surface area contributed by atoms with E-state index in [0.29, 0.717) is 6.54 Å². The molecule has 0 bridgehead atoms. The van der Waals surface area contributed by atoms with Crippen molar-refractivity contribution >= 4 is 22.6 Å². The number of aromatic nitrogens is 2. The first kappa shape index (κ1) is 17.6. The molecule has 2 aromatic rings. The van der Waals surface area contributed by atoms with Crippen LogP contribution in [0.1, 0.15) is 18.3 Å². The standard InChI is InChI=1S/C17H23FN6S/c1-3-15-21-17(25-22-15)24-9-7-23(8-10-24)16(19-2)20-12-13-5-4-6-14(18)11-13/h4-6,11H,3,7-10,12H2,1-2H3,(H,19,20). The first-order valence-corrected chi connectivity index (χ1v) is 9.24. The van der Waals surface area contributed by atoms with Crippen LogP contribution in [0.3, 0.4) is 0 Å². The van der Waals surface area contributed by atoms with Gasteiger partial charge in [-0.1, -0.05) is 19.1 Å². The number of benzene rings is 1. The number of nitrogens with one attached hydrogen (secondary N) is 1. The van der Waals surface area contributed by atoms with Crippen molar-refractivity contribution in [2.75, 3.05) is 38.1 Å². The quantitative estimate of drug-likeness (QED) is 0.667. The first-order valence-electron chi connectivity index (χ1n) is 8.47. The number of aliphatic imine (C=N–C) groups is 1. The molecule has 1 aromatic heterocycles. The molecule has 25 heavy (non-hydrogen) atoms. The van der Waals surface area contributed by atoms with E-state index < -0.39 is 0 Å². The number of guanidine groups is 1. The van der Waals surface area contributed by atoms with E-state index >= 15 is 0 Å². The van der Waals surface area contributed by atoms with Crippen LogP contribution in [0.4, 0.5) is 9.52 Å². The van der Waals surface area contributed by atoms with E-state index in [9.17, 15) is 4.39 Å². The first-order chi connectivity index (χ1) is 12.2. The zero-order valence-electron chi connectivity index (χ0n) is 14.6. The summed E-state index contributed by atoms with van der Waals surface area (Å²) in [5.41, 5.74) is 0.903. The van der Waals surface area contributed by atoms with Gasteiger partial charge in [0.25, 0.3) is 0 Å². The highest BCUT2D eigenvalue weighted by atomic mass is 32.1. The second-order valence-corrected chi connectivity index (χ2v) is 6.58. The highest BCUT2D eigenvalue weighted by Crippen LogP contribution is 2.19. The number of hydrogen-bond acceptors (Lipinski definition) is 5. The molecule has 0 aliphatic carbocycles. The van der Waals surface area contributed by atoms with E-state index in [1.165, 1.54) is 17.6 Å². The van der Waals surface area contributed by atoms with E-state index in [0.717, 1.165) is 55.1 Å². The van der Waals surface area contributed by atoms with Gasteiger partial charge in [-0.15, -0.1) is 0 Å². The Balaban J connectivity index is 1.53. The normalized spacial score (nSPS) is 15.6. The lowest BCUT2D eigenvalue weighted by molar-refractivity contribution is 0.372. The summed E-state index contributed by atoms with van der Waals surface area (Å²) in [6.07, 6.45) is 0.868. The number of anilines is 1. The van der Waals surface area contributed by atoms with Gasteiger partial charge in [0.1, 0.15) is 11.6 Å². The number of nitrogens with zero attached hydrogens (tertiary/aromatic N) is 5.